The molecule has 0 atom stereocenters. The minimum atomic E-state index is 0.172. The lowest BCUT2D eigenvalue weighted by Gasteiger charge is -1.98. The molecule has 0 fully saturated rings. The monoisotopic (exact) mass is 262 g/mol. The summed E-state index contributed by atoms with van der Waals surface area (Å²) in [5, 5.41) is 4.82. The van der Waals surface area contributed by atoms with E-state index in [0.717, 1.165) is 0 Å². The Balaban J connectivity index is 2.48. The minimum Gasteiger partial charge on any atom is -0.338 e. The van der Waals surface area contributed by atoms with Crippen LogP contribution >= 0.6 is 34.8 Å². The molecule has 0 N–H and O–H groups in total. The van der Waals surface area contributed by atoms with Crippen LogP contribution in [0.4, 0.5) is 0 Å². The topological polar surface area (TPSA) is 38.9 Å². The van der Waals surface area contributed by atoms with Crippen molar-refractivity contribution in [2.45, 2.75) is 5.88 Å². The summed E-state index contributed by atoms with van der Waals surface area (Å²) in [6.45, 7) is 0. The summed E-state index contributed by atoms with van der Waals surface area (Å²) in [5.41, 5.74) is 0.629. The molecule has 2 rings (SSSR count). The van der Waals surface area contributed by atoms with Crippen molar-refractivity contribution in [3.63, 3.8) is 0 Å². The molecule has 3 nitrogen and oxygen atoms in total. The van der Waals surface area contributed by atoms with Gasteiger partial charge in [-0.2, -0.15) is 4.98 Å². The molecule has 0 bridgehead atoms. The number of aromatic nitrogens is 2. The van der Waals surface area contributed by atoms with Gasteiger partial charge in [0.05, 0.1) is 5.02 Å². The highest BCUT2D eigenvalue weighted by Crippen LogP contribution is 2.28. The van der Waals surface area contributed by atoms with Crippen molar-refractivity contribution in [2.75, 3.05) is 0 Å². The second-order valence-electron chi connectivity index (χ2n) is 2.77. The van der Waals surface area contributed by atoms with Gasteiger partial charge in [-0.3, -0.25) is 0 Å². The van der Waals surface area contributed by atoms with Gasteiger partial charge >= 0.3 is 0 Å². The van der Waals surface area contributed by atoms with Crippen molar-refractivity contribution in [2.24, 2.45) is 0 Å². The van der Waals surface area contributed by atoms with Crippen molar-refractivity contribution in [1.82, 2.24) is 10.1 Å². The Morgan fingerprint density at radius 3 is 2.73 bits per heavy atom. The van der Waals surface area contributed by atoms with Crippen LogP contribution in [0.25, 0.3) is 11.4 Å². The number of benzene rings is 1. The third kappa shape index (κ3) is 2.25. The van der Waals surface area contributed by atoms with Gasteiger partial charge in [0.1, 0.15) is 5.88 Å². The second kappa shape index (κ2) is 4.39. The SMILES string of the molecule is ClCc1nc(-c2cc(Cl)ccc2Cl)no1. The summed E-state index contributed by atoms with van der Waals surface area (Å²) < 4.78 is 4.87. The highest BCUT2D eigenvalue weighted by Gasteiger charge is 2.11. The Kier molecular flexibility index (Phi) is 3.14. The van der Waals surface area contributed by atoms with Crippen LogP contribution in [-0.2, 0) is 5.88 Å². The summed E-state index contributed by atoms with van der Waals surface area (Å²) in [4.78, 5) is 4.05. The van der Waals surface area contributed by atoms with Gasteiger partial charge in [0.15, 0.2) is 0 Å². The Morgan fingerprint density at radius 1 is 1.27 bits per heavy atom. The van der Waals surface area contributed by atoms with E-state index >= 15 is 0 Å². The van der Waals surface area contributed by atoms with Gasteiger partial charge in [-0.25, -0.2) is 0 Å². The third-order valence-corrected chi connectivity index (χ3v) is 2.55. The maximum atomic E-state index is 5.97. The van der Waals surface area contributed by atoms with Crippen LogP contribution in [0, 0.1) is 0 Å². The molecule has 78 valence electrons. The van der Waals surface area contributed by atoms with Crippen molar-refractivity contribution in [3.05, 3.63) is 34.1 Å². The normalized spacial score (nSPS) is 10.6. The Labute approximate surface area is 101 Å². The lowest BCUT2D eigenvalue weighted by atomic mass is 10.2. The Bertz CT molecular complexity index is 484. The van der Waals surface area contributed by atoms with E-state index in [-0.39, 0.29) is 5.88 Å². The molecule has 2 aromatic rings. The molecule has 6 heteroatoms. The van der Waals surface area contributed by atoms with Crippen molar-refractivity contribution < 1.29 is 4.52 Å². The summed E-state index contributed by atoms with van der Waals surface area (Å²) in [7, 11) is 0. The van der Waals surface area contributed by atoms with Gasteiger partial charge in [-0.05, 0) is 18.2 Å². The number of hydrogen-bond acceptors (Lipinski definition) is 3. The van der Waals surface area contributed by atoms with Crippen LogP contribution in [0.3, 0.4) is 0 Å². The molecule has 0 unspecified atom stereocenters. The standard InChI is InChI=1S/C9H5Cl3N2O/c10-4-8-13-9(14-15-8)6-3-5(11)1-2-7(6)12/h1-3H,4H2. The summed E-state index contributed by atoms with van der Waals surface area (Å²) in [6.07, 6.45) is 0. The number of alkyl halides is 1. The first kappa shape index (κ1) is 10.7. The smallest absolute Gasteiger partial charge is 0.241 e. The number of halogens is 3. The molecule has 1 aromatic carbocycles. The molecule has 0 spiro atoms. The van der Waals surface area contributed by atoms with E-state index < -0.39 is 0 Å². The van der Waals surface area contributed by atoms with Crippen molar-refractivity contribution >= 4 is 34.8 Å². The van der Waals surface area contributed by atoms with Crippen molar-refractivity contribution in [1.29, 1.82) is 0 Å². The molecule has 0 radical (unpaired) electrons. The van der Waals surface area contributed by atoms with Crippen LogP contribution < -0.4 is 0 Å². The zero-order valence-corrected chi connectivity index (χ0v) is 9.64. The highest BCUT2D eigenvalue weighted by molar-refractivity contribution is 6.35. The number of rotatable bonds is 2. The van der Waals surface area contributed by atoms with Gasteiger partial charge < -0.3 is 4.52 Å². The maximum absolute atomic E-state index is 5.97. The maximum Gasteiger partial charge on any atom is 0.241 e. The van der Waals surface area contributed by atoms with E-state index in [1.165, 1.54) is 0 Å². The first-order valence-corrected chi connectivity index (χ1v) is 5.33. The van der Waals surface area contributed by atoms with Crippen LogP contribution in [0.2, 0.25) is 10.0 Å². The molecular formula is C9H5Cl3N2O. The molecule has 0 aliphatic heterocycles. The van der Waals surface area contributed by atoms with Gasteiger partial charge in [-0.15, -0.1) is 11.6 Å². The van der Waals surface area contributed by atoms with E-state index in [1.807, 2.05) is 0 Å². The summed E-state index contributed by atoms with van der Waals surface area (Å²) >= 11 is 17.3. The van der Waals surface area contributed by atoms with Crippen LogP contribution in [0.5, 0.6) is 0 Å². The molecule has 0 aliphatic rings. The molecule has 15 heavy (non-hydrogen) atoms. The molecule has 0 saturated carbocycles. The summed E-state index contributed by atoms with van der Waals surface area (Å²) in [5.74, 6) is 0.909. The van der Waals surface area contributed by atoms with Crippen molar-refractivity contribution in [3.8, 4) is 11.4 Å². The zero-order chi connectivity index (χ0) is 10.8. The highest BCUT2D eigenvalue weighted by atomic mass is 35.5. The van der Waals surface area contributed by atoms with Crippen LogP contribution in [0.1, 0.15) is 5.89 Å². The predicted octanol–water partition coefficient (Wildman–Crippen LogP) is 3.78. The van der Waals surface area contributed by atoms with Gasteiger partial charge in [0, 0.05) is 10.6 Å². The largest absolute Gasteiger partial charge is 0.338 e. The first-order valence-electron chi connectivity index (χ1n) is 4.04. The van der Waals surface area contributed by atoms with Crippen LogP contribution in [-0.4, -0.2) is 10.1 Å². The van der Waals surface area contributed by atoms with E-state index in [2.05, 4.69) is 10.1 Å². The lowest BCUT2D eigenvalue weighted by molar-refractivity contribution is 0.391. The van der Waals surface area contributed by atoms with Crippen LogP contribution in [0.15, 0.2) is 22.7 Å². The fraction of sp³-hybridized carbons (Fsp3) is 0.111. The van der Waals surface area contributed by atoms with Gasteiger partial charge in [0.2, 0.25) is 11.7 Å². The Morgan fingerprint density at radius 2 is 2.07 bits per heavy atom. The minimum absolute atomic E-state index is 0.172. The first-order chi connectivity index (χ1) is 7.20. The van der Waals surface area contributed by atoms with E-state index in [9.17, 15) is 0 Å². The average molecular weight is 264 g/mol. The molecular weight excluding hydrogens is 258 g/mol. The molecule has 1 heterocycles. The molecule has 0 amide bonds. The number of nitrogens with zero attached hydrogens (tertiary/aromatic N) is 2. The summed E-state index contributed by atoms with van der Waals surface area (Å²) in [6, 6.07) is 5.04. The van der Waals surface area contributed by atoms with Gasteiger partial charge in [-0.1, -0.05) is 28.4 Å². The lowest BCUT2D eigenvalue weighted by Crippen LogP contribution is -1.83. The number of hydrogen-bond donors (Lipinski definition) is 0. The van der Waals surface area contributed by atoms with Gasteiger partial charge in [0.25, 0.3) is 0 Å². The molecule has 0 aliphatic carbocycles. The quantitative estimate of drug-likeness (QED) is 0.774. The second-order valence-corrected chi connectivity index (χ2v) is 3.88. The predicted molar refractivity (Wildman–Crippen MR) is 59.3 cm³/mol. The Hall–Kier alpha value is -0.770. The third-order valence-electron chi connectivity index (χ3n) is 1.75. The fourth-order valence-corrected chi connectivity index (χ4v) is 1.57. The fourth-order valence-electron chi connectivity index (χ4n) is 1.09. The average Bonchev–Trinajstić information content (AvgIpc) is 2.70. The zero-order valence-electron chi connectivity index (χ0n) is 7.38. The van der Waals surface area contributed by atoms with E-state index in [4.69, 9.17) is 39.3 Å². The van der Waals surface area contributed by atoms with E-state index in [0.29, 0.717) is 27.3 Å². The molecule has 0 saturated heterocycles. The molecule has 1 aromatic heterocycles. The van der Waals surface area contributed by atoms with E-state index in [1.54, 1.807) is 18.2 Å².